The molecule has 0 aliphatic heterocycles. The van der Waals surface area contributed by atoms with Crippen LogP contribution in [0.3, 0.4) is 0 Å². The molecule has 0 atom stereocenters. The number of guanidine groups is 1. The smallest absolute Gasteiger partial charge is 0.191 e. The van der Waals surface area contributed by atoms with Crippen molar-refractivity contribution in [2.75, 3.05) is 7.05 Å². The Bertz CT molecular complexity index is 645. The van der Waals surface area contributed by atoms with Gasteiger partial charge in [-0.15, -0.1) is 24.0 Å². The van der Waals surface area contributed by atoms with Crippen molar-refractivity contribution in [3.8, 4) is 0 Å². The Hall–Kier alpha value is -1.57. The molecular weight excluding hydrogens is 415 g/mol. The van der Waals surface area contributed by atoms with Gasteiger partial charge in [0.2, 0.25) is 0 Å². The van der Waals surface area contributed by atoms with E-state index in [9.17, 15) is 0 Å². The summed E-state index contributed by atoms with van der Waals surface area (Å²) in [6, 6.07) is 8.45. The van der Waals surface area contributed by atoms with E-state index >= 15 is 0 Å². The first-order valence-electron chi connectivity index (χ1n) is 8.14. The monoisotopic (exact) mass is 442 g/mol. The standard InChI is InChI=1S/C18H26N4O.HI/c1-5-16-15(17(6-2)23-22-16)12-21-18(19-4)20-11-14-9-7-8-13(3)10-14;/h7-10H,5-6,11-12H2,1-4H3,(H2,19,20,21);1H. The van der Waals surface area contributed by atoms with Crippen molar-refractivity contribution in [3.05, 3.63) is 52.4 Å². The molecule has 2 rings (SSSR count). The molecule has 24 heavy (non-hydrogen) atoms. The maximum Gasteiger partial charge on any atom is 0.191 e. The number of aliphatic imine (C=N–C) groups is 1. The van der Waals surface area contributed by atoms with Crippen LogP contribution >= 0.6 is 24.0 Å². The van der Waals surface area contributed by atoms with E-state index in [0.717, 1.165) is 42.4 Å². The highest BCUT2D eigenvalue weighted by molar-refractivity contribution is 14.0. The van der Waals surface area contributed by atoms with E-state index in [4.69, 9.17) is 4.52 Å². The lowest BCUT2D eigenvalue weighted by Crippen LogP contribution is -2.36. The Morgan fingerprint density at radius 2 is 1.92 bits per heavy atom. The van der Waals surface area contributed by atoms with Crippen molar-refractivity contribution < 1.29 is 4.52 Å². The van der Waals surface area contributed by atoms with Gasteiger partial charge in [0.15, 0.2) is 5.96 Å². The summed E-state index contributed by atoms with van der Waals surface area (Å²) < 4.78 is 5.39. The van der Waals surface area contributed by atoms with Crippen LogP contribution in [0.25, 0.3) is 0 Å². The van der Waals surface area contributed by atoms with Gasteiger partial charge >= 0.3 is 0 Å². The summed E-state index contributed by atoms with van der Waals surface area (Å²) in [4.78, 5) is 4.28. The average molecular weight is 442 g/mol. The molecule has 0 aliphatic rings. The Morgan fingerprint density at radius 3 is 2.54 bits per heavy atom. The van der Waals surface area contributed by atoms with Crippen LogP contribution < -0.4 is 10.6 Å². The number of nitrogens with zero attached hydrogens (tertiary/aromatic N) is 2. The van der Waals surface area contributed by atoms with Crippen molar-refractivity contribution in [1.29, 1.82) is 0 Å². The highest BCUT2D eigenvalue weighted by Gasteiger charge is 2.13. The number of rotatable bonds is 6. The van der Waals surface area contributed by atoms with Crippen LogP contribution in [0.4, 0.5) is 0 Å². The molecule has 5 nitrogen and oxygen atoms in total. The zero-order valence-electron chi connectivity index (χ0n) is 14.8. The number of benzene rings is 1. The van der Waals surface area contributed by atoms with Crippen LogP contribution in [0.5, 0.6) is 0 Å². The van der Waals surface area contributed by atoms with Gasteiger partial charge in [0.25, 0.3) is 0 Å². The van der Waals surface area contributed by atoms with E-state index in [1.54, 1.807) is 7.05 Å². The second-order valence-electron chi connectivity index (χ2n) is 5.51. The number of aromatic nitrogens is 1. The Labute approximate surface area is 161 Å². The van der Waals surface area contributed by atoms with Crippen LogP contribution in [-0.2, 0) is 25.9 Å². The largest absolute Gasteiger partial charge is 0.361 e. The molecule has 2 aromatic rings. The fraction of sp³-hybridized carbons (Fsp3) is 0.444. The van der Waals surface area contributed by atoms with Crippen LogP contribution in [-0.4, -0.2) is 18.2 Å². The van der Waals surface area contributed by atoms with Gasteiger partial charge in [-0.3, -0.25) is 4.99 Å². The van der Waals surface area contributed by atoms with Gasteiger partial charge in [-0.1, -0.05) is 48.8 Å². The number of halogens is 1. The second kappa shape index (κ2) is 10.3. The summed E-state index contributed by atoms with van der Waals surface area (Å²) in [5.74, 6) is 1.72. The Balaban J connectivity index is 0.00000288. The highest BCUT2D eigenvalue weighted by atomic mass is 127. The molecule has 1 aromatic heterocycles. The van der Waals surface area contributed by atoms with E-state index in [1.165, 1.54) is 11.1 Å². The molecule has 1 heterocycles. The van der Waals surface area contributed by atoms with Crippen LogP contribution in [0.1, 0.15) is 42.0 Å². The Kier molecular flexibility index (Phi) is 8.81. The van der Waals surface area contributed by atoms with Gasteiger partial charge in [-0.2, -0.15) is 0 Å². The first kappa shape index (κ1) is 20.5. The van der Waals surface area contributed by atoms with E-state index < -0.39 is 0 Å². The normalized spacial score (nSPS) is 11.1. The van der Waals surface area contributed by atoms with Crippen LogP contribution in [0.15, 0.2) is 33.8 Å². The molecule has 0 radical (unpaired) electrons. The maximum atomic E-state index is 5.39. The van der Waals surface area contributed by atoms with E-state index in [0.29, 0.717) is 6.54 Å². The van der Waals surface area contributed by atoms with Crippen molar-refractivity contribution in [2.45, 2.75) is 46.7 Å². The van der Waals surface area contributed by atoms with Gasteiger partial charge in [0, 0.05) is 32.1 Å². The van der Waals surface area contributed by atoms with Gasteiger partial charge < -0.3 is 15.2 Å². The van der Waals surface area contributed by atoms with E-state index in [1.807, 2.05) is 0 Å². The second-order valence-corrected chi connectivity index (χ2v) is 5.51. The minimum Gasteiger partial charge on any atom is -0.361 e. The van der Waals surface area contributed by atoms with E-state index in [2.05, 4.69) is 65.8 Å². The molecule has 0 aliphatic carbocycles. The highest BCUT2D eigenvalue weighted by Crippen LogP contribution is 2.15. The number of aryl methyl sites for hydroxylation is 3. The van der Waals surface area contributed by atoms with Gasteiger partial charge in [0.1, 0.15) is 5.76 Å². The molecule has 132 valence electrons. The first-order valence-corrected chi connectivity index (χ1v) is 8.14. The quantitative estimate of drug-likeness (QED) is 0.408. The third-order valence-electron chi connectivity index (χ3n) is 3.81. The fourth-order valence-corrected chi connectivity index (χ4v) is 2.54. The number of hydrogen-bond acceptors (Lipinski definition) is 3. The Morgan fingerprint density at radius 1 is 1.17 bits per heavy atom. The minimum atomic E-state index is 0. The molecular formula is C18H27IN4O. The predicted molar refractivity (Wildman–Crippen MR) is 109 cm³/mol. The average Bonchev–Trinajstić information content (AvgIpc) is 2.97. The van der Waals surface area contributed by atoms with Crippen LogP contribution in [0.2, 0.25) is 0 Å². The van der Waals surface area contributed by atoms with Crippen LogP contribution in [0, 0.1) is 6.92 Å². The molecule has 0 amide bonds. The summed E-state index contributed by atoms with van der Waals surface area (Å²) in [7, 11) is 1.78. The van der Waals surface area contributed by atoms with Crippen molar-refractivity contribution in [2.24, 2.45) is 4.99 Å². The lowest BCUT2D eigenvalue weighted by Gasteiger charge is -2.12. The van der Waals surface area contributed by atoms with Crippen molar-refractivity contribution in [1.82, 2.24) is 15.8 Å². The first-order chi connectivity index (χ1) is 11.2. The predicted octanol–water partition coefficient (Wildman–Crippen LogP) is 3.59. The van der Waals surface area contributed by atoms with Gasteiger partial charge in [-0.05, 0) is 18.9 Å². The third-order valence-corrected chi connectivity index (χ3v) is 3.81. The summed E-state index contributed by atoms with van der Waals surface area (Å²) in [6.07, 6.45) is 1.72. The lowest BCUT2D eigenvalue weighted by molar-refractivity contribution is 0.380. The zero-order chi connectivity index (χ0) is 16.7. The summed E-state index contributed by atoms with van der Waals surface area (Å²) in [5, 5.41) is 10.8. The van der Waals surface area contributed by atoms with Gasteiger partial charge in [-0.25, -0.2) is 0 Å². The van der Waals surface area contributed by atoms with E-state index in [-0.39, 0.29) is 24.0 Å². The maximum absolute atomic E-state index is 5.39. The molecule has 6 heteroatoms. The summed E-state index contributed by atoms with van der Waals surface area (Å²) in [6.45, 7) is 7.68. The van der Waals surface area contributed by atoms with Crippen molar-refractivity contribution >= 4 is 29.9 Å². The topological polar surface area (TPSA) is 62.5 Å². The number of nitrogens with one attached hydrogen (secondary N) is 2. The third kappa shape index (κ3) is 5.51. The van der Waals surface area contributed by atoms with Gasteiger partial charge in [0.05, 0.1) is 5.69 Å². The summed E-state index contributed by atoms with van der Waals surface area (Å²) in [5.41, 5.74) is 4.66. The number of hydrogen-bond donors (Lipinski definition) is 2. The molecule has 0 fully saturated rings. The lowest BCUT2D eigenvalue weighted by atomic mass is 10.1. The molecule has 2 N–H and O–H groups in total. The SMILES string of the molecule is CCc1noc(CC)c1CNC(=NC)NCc1cccc(C)c1.I. The summed E-state index contributed by atoms with van der Waals surface area (Å²) >= 11 is 0. The molecule has 0 bridgehead atoms. The molecule has 1 aromatic carbocycles. The molecule has 0 saturated carbocycles. The molecule has 0 spiro atoms. The zero-order valence-corrected chi connectivity index (χ0v) is 17.2. The molecule has 0 saturated heterocycles. The fourth-order valence-electron chi connectivity index (χ4n) is 2.54. The van der Waals surface area contributed by atoms with Crippen molar-refractivity contribution in [3.63, 3.8) is 0 Å². The molecule has 0 unspecified atom stereocenters. The minimum absolute atomic E-state index is 0.